The Morgan fingerprint density at radius 2 is 2.11 bits per heavy atom. The van der Waals surface area contributed by atoms with Crippen molar-refractivity contribution in [2.24, 2.45) is 0 Å². The molecule has 0 amide bonds. The Morgan fingerprint density at radius 1 is 1.67 bits per heavy atom. The summed E-state index contributed by atoms with van der Waals surface area (Å²) in [5, 5.41) is 8.22. The molecule has 0 rings (SSSR count). The second kappa shape index (κ2) is 2.81. The molecular weight excluding hydrogens is 148 g/mol. The van der Waals surface area contributed by atoms with Crippen LogP contribution in [-0.4, -0.2) is 24.7 Å². The van der Waals surface area contributed by atoms with Crippen LogP contribution in [0.15, 0.2) is 12.3 Å². The minimum absolute atomic E-state index is 0.465. The van der Waals surface area contributed by atoms with Gasteiger partial charge in [0, 0.05) is 0 Å². The molecule has 0 saturated carbocycles. The summed E-state index contributed by atoms with van der Waals surface area (Å²) in [4.78, 5) is 0. The topological polar surface area (TPSA) is 83.8 Å². The van der Waals surface area contributed by atoms with Crippen molar-refractivity contribution >= 4 is 10.4 Å². The number of rotatable bonds is 3. The highest BCUT2D eigenvalue weighted by Crippen LogP contribution is 1.89. The molecule has 0 unspecified atom stereocenters. The molecule has 0 radical (unpaired) electrons. The molecule has 0 spiro atoms. The maximum Gasteiger partial charge on any atom is 0.397 e. The molecule has 5 nitrogen and oxygen atoms in total. The van der Waals surface area contributed by atoms with Crippen LogP contribution in [0, 0.1) is 0 Å². The van der Waals surface area contributed by atoms with Crippen LogP contribution >= 0.6 is 0 Å². The normalized spacial score (nSPS) is 11.2. The third kappa shape index (κ3) is 7.41. The first kappa shape index (κ1) is 8.41. The van der Waals surface area contributed by atoms with Crippen molar-refractivity contribution in [3.05, 3.63) is 12.3 Å². The second-order valence-corrected chi connectivity index (χ2v) is 2.35. The van der Waals surface area contributed by atoms with E-state index in [1.807, 2.05) is 0 Å². The average Bonchev–Trinajstić information content (AvgIpc) is 1.59. The Labute approximate surface area is 52.5 Å². The Hall–Kier alpha value is -0.590. The van der Waals surface area contributed by atoms with Gasteiger partial charge in [-0.15, -0.1) is 0 Å². The highest BCUT2D eigenvalue weighted by molar-refractivity contribution is 7.80. The van der Waals surface area contributed by atoms with Crippen LogP contribution in [0.2, 0.25) is 0 Å². The van der Waals surface area contributed by atoms with E-state index in [0.29, 0.717) is 0 Å². The number of hydrogen-bond acceptors (Lipinski definition) is 4. The van der Waals surface area contributed by atoms with Gasteiger partial charge in [0.15, 0.2) is 0 Å². The van der Waals surface area contributed by atoms with E-state index < -0.39 is 22.8 Å². The summed E-state index contributed by atoms with van der Waals surface area (Å²) in [5.41, 5.74) is 0. The second-order valence-electron chi connectivity index (χ2n) is 1.26. The van der Waals surface area contributed by atoms with Crippen LogP contribution in [0.4, 0.5) is 0 Å². The molecule has 0 atom stereocenters. The lowest BCUT2D eigenvalue weighted by atomic mass is 10.6. The molecule has 0 saturated heterocycles. The lowest BCUT2D eigenvalue weighted by molar-refractivity contribution is 0.244. The van der Waals surface area contributed by atoms with Crippen LogP contribution in [0.5, 0.6) is 0 Å². The van der Waals surface area contributed by atoms with Gasteiger partial charge in [0.05, 0.1) is 0 Å². The van der Waals surface area contributed by atoms with Crippen LogP contribution in [-0.2, 0) is 14.6 Å². The van der Waals surface area contributed by atoms with Crippen molar-refractivity contribution in [1.82, 2.24) is 0 Å². The van der Waals surface area contributed by atoms with Gasteiger partial charge < -0.3 is 5.11 Å². The number of aliphatic hydroxyl groups is 1. The smallest absolute Gasteiger partial charge is 0.397 e. The summed E-state index contributed by atoms with van der Waals surface area (Å²) in [6.45, 7) is 2.30. The molecule has 0 aliphatic carbocycles. The molecule has 0 aliphatic rings. The summed E-state index contributed by atoms with van der Waals surface area (Å²) >= 11 is 0. The highest BCUT2D eigenvalue weighted by atomic mass is 32.3. The highest BCUT2D eigenvalue weighted by Gasteiger charge is 2.03. The van der Waals surface area contributed by atoms with E-state index in [2.05, 4.69) is 10.8 Å². The van der Waals surface area contributed by atoms with Gasteiger partial charge >= 0.3 is 10.4 Å². The molecule has 6 heteroatoms. The molecule has 0 aromatic heterocycles. The van der Waals surface area contributed by atoms with E-state index in [9.17, 15) is 8.42 Å². The molecule has 0 aromatic carbocycles. The Kier molecular flexibility index (Phi) is 2.63. The van der Waals surface area contributed by atoms with E-state index in [1.54, 1.807) is 0 Å². The van der Waals surface area contributed by atoms with Crippen molar-refractivity contribution in [2.75, 3.05) is 6.61 Å². The van der Waals surface area contributed by atoms with Gasteiger partial charge in [-0.2, -0.15) is 8.42 Å². The molecule has 2 N–H and O–H groups in total. The molecule has 0 aliphatic heterocycles. The van der Waals surface area contributed by atoms with Crippen LogP contribution in [0.3, 0.4) is 0 Å². The summed E-state index contributed by atoms with van der Waals surface area (Å²) in [7, 11) is -4.44. The first-order valence-corrected chi connectivity index (χ1v) is 3.27. The average molecular weight is 154 g/mol. The van der Waals surface area contributed by atoms with Gasteiger partial charge in [0.25, 0.3) is 0 Å². The van der Waals surface area contributed by atoms with Gasteiger partial charge in [0.2, 0.25) is 0 Å². The van der Waals surface area contributed by atoms with E-state index in [-0.39, 0.29) is 0 Å². The van der Waals surface area contributed by atoms with E-state index in [0.717, 1.165) is 0 Å². The van der Waals surface area contributed by atoms with Gasteiger partial charge in [-0.3, -0.25) is 4.55 Å². The molecule has 54 valence electrons. The van der Waals surface area contributed by atoms with Crippen LogP contribution in [0.25, 0.3) is 0 Å². The Balaban J connectivity index is 3.67. The zero-order valence-corrected chi connectivity index (χ0v) is 5.26. The first-order chi connectivity index (χ1) is 3.92. The summed E-state index contributed by atoms with van der Waals surface area (Å²) in [5.74, 6) is -0.465. The Morgan fingerprint density at radius 3 is 2.22 bits per heavy atom. The molecule has 9 heavy (non-hydrogen) atoms. The number of aliphatic hydroxyl groups excluding tert-OH is 1. The third-order valence-electron chi connectivity index (χ3n) is 0.374. The summed E-state index contributed by atoms with van der Waals surface area (Å²) in [6.07, 6.45) is 0. The van der Waals surface area contributed by atoms with Crippen molar-refractivity contribution in [3.63, 3.8) is 0 Å². The SMILES string of the molecule is C=C(O)COS(=O)(=O)O. The lowest BCUT2D eigenvalue weighted by Gasteiger charge is -1.94. The fourth-order valence-electron chi connectivity index (χ4n) is 0.142. The molecule has 0 heterocycles. The van der Waals surface area contributed by atoms with Crippen molar-refractivity contribution in [1.29, 1.82) is 0 Å². The van der Waals surface area contributed by atoms with Gasteiger partial charge in [-0.25, -0.2) is 4.18 Å². The molecule has 0 bridgehead atoms. The maximum atomic E-state index is 9.72. The quantitative estimate of drug-likeness (QED) is 0.437. The van der Waals surface area contributed by atoms with E-state index >= 15 is 0 Å². The summed E-state index contributed by atoms with van der Waals surface area (Å²) in [6, 6.07) is 0. The fraction of sp³-hybridized carbons (Fsp3) is 0.333. The molecular formula is C3H6O5S. The first-order valence-electron chi connectivity index (χ1n) is 1.90. The van der Waals surface area contributed by atoms with Gasteiger partial charge in [-0.05, 0) is 0 Å². The van der Waals surface area contributed by atoms with E-state index in [4.69, 9.17) is 9.66 Å². The predicted octanol–water partition coefficient (Wildman–Crippen LogP) is -0.122. The van der Waals surface area contributed by atoms with Crippen molar-refractivity contribution in [3.8, 4) is 0 Å². The maximum absolute atomic E-state index is 9.72. The largest absolute Gasteiger partial charge is 0.510 e. The van der Waals surface area contributed by atoms with Crippen molar-refractivity contribution in [2.45, 2.75) is 0 Å². The third-order valence-corrected chi connectivity index (χ3v) is 0.790. The zero-order chi connectivity index (χ0) is 7.49. The lowest BCUT2D eigenvalue weighted by Crippen LogP contribution is -2.05. The van der Waals surface area contributed by atoms with Gasteiger partial charge in [-0.1, -0.05) is 6.58 Å². The summed E-state index contributed by atoms with van der Waals surface area (Å²) < 4.78 is 31.0. The number of hydrogen-bond donors (Lipinski definition) is 2. The van der Waals surface area contributed by atoms with E-state index in [1.165, 1.54) is 0 Å². The Bertz CT molecular complexity index is 190. The fourth-order valence-corrected chi connectivity index (χ4v) is 0.427. The standard InChI is InChI=1S/C3H6O5S/c1-3(4)2-8-9(5,6)7/h4H,1-2H2,(H,5,6,7). The van der Waals surface area contributed by atoms with Crippen LogP contribution in [0.1, 0.15) is 0 Å². The van der Waals surface area contributed by atoms with Crippen LogP contribution < -0.4 is 0 Å². The molecule has 0 fully saturated rings. The zero-order valence-electron chi connectivity index (χ0n) is 4.44. The van der Waals surface area contributed by atoms with Gasteiger partial charge in [0.1, 0.15) is 12.4 Å². The van der Waals surface area contributed by atoms with Crippen molar-refractivity contribution < 1.29 is 22.3 Å². The molecule has 0 aromatic rings. The minimum atomic E-state index is -4.44. The predicted molar refractivity (Wildman–Crippen MR) is 29.3 cm³/mol. The minimum Gasteiger partial charge on any atom is -0.510 e. The monoisotopic (exact) mass is 154 g/mol.